The molecule has 0 atom stereocenters. The molecule has 0 bridgehead atoms. The number of rotatable bonds is 10. The zero-order valence-electron chi connectivity index (χ0n) is 14.8. The third kappa shape index (κ3) is 10.1. The molecule has 0 rings (SSSR count). The highest BCUT2D eigenvalue weighted by Crippen LogP contribution is 2.11. The van der Waals surface area contributed by atoms with Crippen LogP contribution in [0.2, 0.25) is 0 Å². The molecule has 0 aliphatic rings. The fourth-order valence-electron chi connectivity index (χ4n) is 1.80. The lowest BCUT2D eigenvalue weighted by Crippen LogP contribution is -2.15. The second-order valence-electron chi connectivity index (χ2n) is 5.48. The van der Waals surface area contributed by atoms with E-state index >= 15 is 0 Å². The number of halogens is 1. The van der Waals surface area contributed by atoms with E-state index in [0.29, 0.717) is 6.54 Å². The lowest BCUT2D eigenvalue weighted by Gasteiger charge is -2.10. The van der Waals surface area contributed by atoms with Crippen molar-refractivity contribution in [3.05, 3.63) is 84.1 Å². The summed E-state index contributed by atoms with van der Waals surface area (Å²) < 4.78 is 12.8. The zero-order chi connectivity index (χ0) is 17.8. The van der Waals surface area contributed by atoms with Gasteiger partial charge in [0, 0.05) is 25.7 Å². The van der Waals surface area contributed by atoms with E-state index < -0.39 is 5.83 Å². The summed E-state index contributed by atoms with van der Waals surface area (Å²) in [6.45, 7) is 17.6. The first kappa shape index (κ1) is 20.7. The predicted octanol–water partition coefficient (Wildman–Crippen LogP) is 5.09. The second-order valence-corrected chi connectivity index (χ2v) is 5.48. The Bertz CT molecular complexity index is 560. The van der Waals surface area contributed by atoms with Crippen molar-refractivity contribution in [2.45, 2.75) is 27.2 Å². The Kier molecular flexibility index (Phi) is 10.2. The van der Waals surface area contributed by atoms with Gasteiger partial charge in [-0.15, -0.1) is 0 Å². The molecule has 126 valence electrons. The number of hydrogen-bond acceptors (Lipinski definition) is 2. The van der Waals surface area contributed by atoms with Crippen LogP contribution in [0.4, 0.5) is 4.39 Å². The van der Waals surface area contributed by atoms with Gasteiger partial charge >= 0.3 is 0 Å². The van der Waals surface area contributed by atoms with E-state index in [-0.39, 0.29) is 0 Å². The van der Waals surface area contributed by atoms with Crippen LogP contribution in [0.25, 0.3) is 0 Å². The van der Waals surface area contributed by atoms with Crippen LogP contribution in [-0.2, 0) is 0 Å². The largest absolute Gasteiger partial charge is 0.394 e. The van der Waals surface area contributed by atoms with E-state index in [1.54, 1.807) is 6.08 Å². The van der Waals surface area contributed by atoms with E-state index in [4.69, 9.17) is 0 Å². The first-order valence-corrected chi connectivity index (χ1v) is 7.57. The molecule has 0 radical (unpaired) electrons. The highest BCUT2D eigenvalue weighted by Gasteiger charge is 1.98. The van der Waals surface area contributed by atoms with Gasteiger partial charge < -0.3 is 10.6 Å². The van der Waals surface area contributed by atoms with E-state index in [9.17, 15) is 4.39 Å². The summed E-state index contributed by atoms with van der Waals surface area (Å²) in [5.74, 6) is -0.478. The lowest BCUT2D eigenvalue weighted by molar-refractivity contribution is 0.668. The normalized spacial score (nSPS) is 13.6. The minimum atomic E-state index is -0.478. The van der Waals surface area contributed by atoms with Gasteiger partial charge in [0.05, 0.1) is 0 Å². The van der Waals surface area contributed by atoms with Crippen molar-refractivity contribution in [2.75, 3.05) is 13.6 Å². The first-order chi connectivity index (χ1) is 10.8. The Hall–Kier alpha value is -2.29. The first-order valence-electron chi connectivity index (χ1n) is 7.57. The van der Waals surface area contributed by atoms with Gasteiger partial charge in [-0.05, 0) is 49.8 Å². The molecular weight excluding hydrogens is 287 g/mol. The van der Waals surface area contributed by atoms with Crippen LogP contribution in [0.15, 0.2) is 84.1 Å². The molecular formula is C20H29FN2. The fourth-order valence-corrected chi connectivity index (χ4v) is 1.80. The van der Waals surface area contributed by atoms with Gasteiger partial charge in [-0.2, -0.15) is 0 Å². The Morgan fingerprint density at radius 1 is 1.09 bits per heavy atom. The van der Waals surface area contributed by atoms with Crippen LogP contribution >= 0.6 is 0 Å². The molecule has 0 amide bonds. The molecule has 0 aliphatic carbocycles. The van der Waals surface area contributed by atoms with Crippen molar-refractivity contribution in [1.29, 1.82) is 0 Å². The number of nitrogens with one attached hydrogen (secondary N) is 2. The summed E-state index contributed by atoms with van der Waals surface area (Å²) >= 11 is 0. The van der Waals surface area contributed by atoms with E-state index in [0.717, 1.165) is 17.7 Å². The summed E-state index contributed by atoms with van der Waals surface area (Å²) in [5.41, 5.74) is 5.21. The lowest BCUT2D eigenvalue weighted by atomic mass is 10.1. The molecule has 0 aromatic carbocycles. The molecule has 0 spiro atoms. The van der Waals surface area contributed by atoms with Gasteiger partial charge in [0.1, 0.15) is 5.83 Å². The minimum absolute atomic E-state index is 0.478. The van der Waals surface area contributed by atoms with Gasteiger partial charge in [-0.3, -0.25) is 0 Å². The SMILES string of the molecule is C=C/C(=C\C(=C)F)CNC(=C)C/C(C)=C/C=C(C)/C(C)=C/NC. The Morgan fingerprint density at radius 3 is 2.26 bits per heavy atom. The molecule has 0 saturated carbocycles. The van der Waals surface area contributed by atoms with Crippen molar-refractivity contribution in [2.24, 2.45) is 0 Å². The van der Waals surface area contributed by atoms with Crippen LogP contribution in [0, 0.1) is 0 Å². The average Bonchev–Trinajstić information content (AvgIpc) is 2.48. The quantitative estimate of drug-likeness (QED) is 0.548. The maximum Gasteiger partial charge on any atom is 0.116 e. The van der Waals surface area contributed by atoms with Crippen molar-refractivity contribution < 1.29 is 4.39 Å². The average molecular weight is 316 g/mol. The van der Waals surface area contributed by atoms with E-state index in [1.807, 2.05) is 13.2 Å². The van der Waals surface area contributed by atoms with Crippen molar-refractivity contribution in [3.63, 3.8) is 0 Å². The maximum atomic E-state index is 12.8. The molecule has 3 heteroatoms. The van der Waals surface area contributed by atoms with Crippen LogP contribution in [0.3, 0.4) is 0 Å². The summed E-state index contributed by atoms with van der Waals surface area (Å²) in [6.07, 6.45) is 9.85. The molecule has 0 saturated heterocycles. The molecule has 23 heavy (non-hydrogen) atoms. The molecule has 2 N–H and O–H groups in total. The van der Waals surface area contributed by atoms with Gasteiger partial charge in [0.15, 0.2) is 0 Å². The molecule has 2 nitrogen and oxygen atoms in total. The van der Waals surface area contributed by atoms with Crippen LogP contribution < -0.4 is 10.6 Å². The molecule has 0 aliphatic heterocycles. The van der Waals surface area contributed by atoms with E-state index in [2.05, 4.69) is 63.3 Å². The van der Waals surface area contributed by atoms with Gasteiger partial charge in [-0.25, -0.2) is 4.39 Å². The summed E-state index contributed by atoms with van der Waals surface area (Å²) in [5, 5.41) is 6.20. The monoisotopic (exact) mass is 316 g/mol. The second kappa shape index (κ2) is 11.3. The summed E-state index contributed by atoms with van der Waals surface area (Å²) in [4.78, 5) is 0. The van der Waals surface area contributed by atoms with Crippen LogP contribution in [-0.4, -0.2) is 13.6 Å². The topological polar surface area (TPSA) is 24.1 Å². The molecule has 0 aromatic rings. The fraction of sp³-hybridized carbons (Fsp3) is 0.300. The van der Waals surface area contributed by atoms with E-state index in [1.165, 1.54) is 22.8 Å². The number of hydrogen-bond donors (Lipinski definition) is 2. The summed E-state index contributed by atoms with van der Waals surface area (Å²) in [7, 11) is 1.89. The molecule has 0 aromatic heterocycles. The highest BCUT2D eigenvalue weighted by atomic mass is 19.1. The Balaban J connectivity index is 4.58. The van der Waals surface area contributed by atoms with Gasteiger partial charge in [-0.1, -0.05) is 43.5 Å². The molecule has 0 unspecified atom stereocenters. The highest BCUT2D eigenvalue weighted by molar-refractivity contribution is 5.31. The number of allylic oxidation sites excluding steroid dienone is 7. The zero-order valence-corrected chi connectivity index (χ0v) is 14.8. The molecule has 0 fully saturated rings. The maximum absolute atomic E-state index is 12.8. The molecule has 0 heterocycles. The third-order valence-electron chi connectivity index (χ3n) is 3.24. The van der Waals surface area contributed by atoms with Gasteiger partial charge in [0.2, 0.25) is 0 Å². The van der Waals surface area contributed by atoms with Crippen molar-refractivity contribution in [3.8, 4) is 0 Å². The van der Waals surface area contributed by atoms with Crippen molar-refractivity contribution >= 4 is 0 Å². The van der Waals surface area contributed by atoms with Crippen LogP contribution in [0.1, 0.15) is 27.2 Å². The predicted molar refractivity (Wildman–Crippen MR) is 101 cm³/mol. The minimum Gasteiger partial charge on any atom is -0.394 e. The Labute approximate surface area is 140 Å². The summed E-state index contributed by atoms with van der Waals surface area (Å²) in [6, 6.07) is 0. The van der Waals surface area contributed by atoms with Crippen LogP contribution in [0.5, 0.6) is 0 Å². The smallest absolute Gasteiger partial charge is 0.116 e. The standard InChI is InChI=1S/C20H29FN2/c1-8-20(12-18(5)21)14-23-19(6)11-15(2)9-10-16(3)17(4)13-22-7/h8-10,12-13,22-23H,1,5-6,11,14H2,2-4,7H3/b15-9+,16-10+,17-13+,20-12+. The third-order valence-corrected chi connectivity index (χ3v) is 3.24. The Morgan fingerprint density at radius 2 is 1.74 bits per heavy atom. The van der Waals surface area contributed by atoms with Gasteiger partial charge in [0.25, 0.3) is 0 Å². The van der Waals surface area contributed by atoms with Crippen molar-refractivity contribution in [1.82, 2.24) is 10.6 Å².